The number of aromatic nitrogens is 3. The van der Waals surface area contributed by atoms with Crippen LogP contribution in [0.4, 0.5) is 33.5 Å². The second-order valence-corrected chi connectivity index (χ2v) is 7.68. The third kappa shape index (κ3) is 5.62. The molecule has 0 saturated heterocycles. The zero-order chi connectivity index (χ0) is 23.2. The van der Waals surface area contributed by atoms with Crippen molar-refractivity contribution in [1.29, 1.82) is 0 Å². The maximum absolute atomic E-state index is 12.5. The molecule has 0 radical (unpaired) electrons. The van der Waals surface area contributed by atoms with Crippen molar-refractivity contribution in [1.82, 2.24) is 15.0 Å². The van der Waals surface area contributed by atoms with Crippen LogP contribution in [0, 0.1) is 6.92 Å². The van der Waals surface area contributed by atoms with Crippen LogP contribution in [0.1, 0.15) is 5.56 Å². The quantitative estimate of drug-likeness (QED) is 0.377. The van der Waals surface area contributed by atoms with Crippen LogP contribution < -0.4 is 20.9 Å². The summed E-state index contributed by atoms with van der Waals surface area (Å²) in [5.74, 6) is 0.460. The van der Waals surface area contributed by atoms with Gasteiger partial charge in [-0.2, -0.15) is 0 Å². The summed E-state index contributed by atoms with van der Waals surface area (Å²) in [5, 5.41) is 8.96. The molecule has 2 aromatic heterocycles. The lowest BCUT2D eigenvalue weighted by Gasteiger charge is -2.14. The van der Waals surface area contributed by atoms with E-state index in [9.17, 15) is 4.79 Å². The standard InChI is InChI=1S/C25H25N7O/c1-17-6-7-20(29-25(33)28-19-8-10-21(11-9-19)32(2)3)15-23(17)31-24-27-14-12-22(30-24)18-5-4-13-26-16-18/h4-16H,1-3H3,(H,27,30,31)(H2,28,29,33). The Morgan fingerprint density at radius 2 is 1.67 bits per heavy atom. The van der Waals surface area contributed by atoms with Gasteiger partial charge in [0.2, 0.25) is 5.95 Å². The number of hydrogen-bond donors (Lipinski definition) is 3. The van der Waals surface area contributed by atoms with Gasteiger partial charge in [-0.1, -0.05) is 6.07 Å². The average molecular weight is 440 g/mol. The second-order valence-electron chi connectivity index (χ2n) is 7.68. The number of benzene rings is 2. The first-order valence-corrected chi connectivity index (χ1v) is 10.4. The first-order chi connectivity index (χ1) is 16.0. The Hall–Kier alpha value is -4.46. The van der Waals surface area contributed by atoms with E-state index in [1.165, 1.54) is 0 Å². The minimum absolute atomic E-state index is 0.322. The van der Waals surface area contributed by atoms with Crippen molar-refractivity contribution in [2.24, 2.45) is 0 Å². The molecular formula is C25H25N7O. The molecule has 8 nitrogen and oxygen atoms in total. The van der Waals surface area contributed by atoms with E-state index in [0.29, 0.717) is 17.3 Å². The number of pyridine rings is 1. The minimum atomic E-state index is -0.322. The van der Waals surface area contributed by atoms with E-state index in [1.54, 1.807) is 18.6 Å². The van der Waals surface area contributed by atoms with Gasteiger partial charge in [0.05, 0.1) is 5.69 Å². The van der Waals surface area contributed by atoms with Gasteiger partial charge in [0.1, 0.15) is 0 Å². The SMILES string of the molecule is Cc1ccc(NC(=O)Nc2ccc(N(C)C)cc2)cc1Nc1nccc(-c2cccnc2)n1. The molecule has 0 aliphatic carbocycles. The smallest absolute Gasteiger partial charge is 0.323 e. The number of nitrogens with zero attached hydrogens (tertiary/aromatic N) is 4. The summed E-state index contributed by atoms with van der Waals surface area (Å²) in [6, 6.07) is 18.6. The van der Waals surface area contributed by atoms with E-state index in [-0.39, 0.29) is 6.03 Å². The van der Waals surface area contributed by atoms with Gasteiger partial charge < -0.3 is 20.9 Å². The molecule has 4 aromatic rings. The molecule has 4 rings (SSSR count). The van der Waals surface area contributed by atoms with E-state index in [0.717, 1.165) is 28.2 Å². The fraction of sp³-hybridized carbons (Fsp3) is 0.120. The van der Waals surface area contributed by atoms with E-state index in [4.69, 9.17) is 0 Å². The zero-order valence-corrected chi connectivity index (χ0v) is 18.7. The van der Waals surface area contributed by atoms with Gasteiger partial charge in [-0.3, -0.25) is 4.98 Å². The fourth-order valence-electron chi connectivity index (χ4n) is 3.19. The van der Waals surface area contributed by atoms with Crippen LogP contribution >= 0.6 is 0 Å². The lowest BCUT2D eigenvalue weighted by Crippen LogP contribution is -2.19. The van der Waals surface area contributed by atoms with E-state index in [2.05, 4.69) is 30.9 Å². The molecule has 0 atom stereocenters. The first-order valence-electron chi connectivity index (χ1n) is 10.4. The predicted octanol–water partition coefficient (Wildman–Crippen LogP) is 5.30. The van der Waals surface area contributed by atoms with E-state index >= 15 is 0 Å². The normalized spacial score (nSPS) is 10.4. The van der Waals surface area contributed by atoms with Gasteiger partial charge in [0.25, 0.3) is 0 Å². The Morgan fingerprint density at radius 3 is 2.39 bits per heavy atom. The highest BCUT2D eigenvalue weighted by Crippen LogP contribution is 2.24. The van der Waals surface area contributed by atoms with Crippen molar-refractivity contribution >= 4 is 34.7 Å². The van der Waals surface area contributed by atoms with Crippen molar-refractivity contribution in [3.05, 3.63) is 84.8 Å². The molecule has 0 spiro atoms. The number of nitrogens with one attached hydrogen (secondary N) is 3. The molecule has 0 saturated carbocycles. The number of carbonyl (C=O) groups excluding carboxylic acids is 1. The minimum Gasteiger partial charge on any atom is -0.378 e. The third-order valence-electron chi connectivity index (χ3n) is 5.00. The van der Waals surface area contributed by atoms with Gasteiger partial charge in [-0.15, -0.1) is 0 Å². The number of urea groups is 1. The molecular weight excluding hydrogens is 414 g/mol. The van der Waals surface area contributed by atoms with Crippen LogP contribution in [0.15, 0.2) is 79.3 Å². The molecule has 2 heterocycles. The summed E-state index contributed by atoms with van der Waals surface area (Å²) in [6.07, 6.45) is 5.18. The van der Waals surface area contributed by atoms with Crippen LogP contribution in [-0.2, 0) is 0 Å². The summed E-state index contributed by atoms with van der Waals surface area (Å²) in [5.41, 5.74) is 5.89. The van der Waals surface area contributed by atoms with Gasteiger partial charge >= 0.3 is 6.03 Å². The predicted molar refractivity (Wildman–Crippen MR) is 133 cm³/mol. The van der Waals surface area contributed by atoms with Crippen molar-refractivity contribution in [3.8, 4) is 11.3 Å². The van der Waals surface area contributed by atoms with Crippen molar-refractivity contribution in [2.45, 2.75) is 6.92 Å². The maximum Gasteiger partial charge on any atom is 0.323 e. The first kappa shape index (κ1) is 21.8. The Kier molecular flexibility index (Phi) is 6.45. The van der Waals surface area contributed by atoms with Gasteiger partial charge in [0, 0.05) is 61.0 Å². The van der Waals surface area contributed by atoms with Crippen LogP contribution in [0.2, 0.25) is 0 Å². The van der Waals surface area contributed by atoms with Gasteiger partial charge in [-0.25, -0.2) is 14.8 Å². The highest BCUT2D eigenvalue weighted by Gasteiger charge is 2.08. The number of aryl methyl sites for hydroxylation is 1. The molecule has 2 aromatic carbocycles. The molecule has 0 bridgehead atoms. The molecule has 0 unspecified atom stereocenters. The highest BCUT2D eigenvalue weighted by molar-refractivity contribution is 6.00. The highest BCUT2D eigenvalue weighted by atomic mass is 16.2. The van der Waals surface area contributed by atoms with Crippen LogP contribution in [0.3, 0.4) is 0 Å². The molecule has 2 amide bonds. The number of anilines is 5. The summed E-state index contributed by atoms with van der Waals surface area (Å²) in [7, 11) is 3.94. The van der Waals surface area contributed by atoms with Crippen molar-refractivity contribution in [2.75, 3.05) is 34.9 Å². The molecule has 33 heavy (non-hydrogen) atoms. The van der Waals surface area contributed by atoms with E-state index in [1.807, 2.05) is 86.6 Å². The topological polar surface area (TPSA) is 95.1 Å². The molecule has 0 aliphatic rings. The van der Waals surface area contributed by atoms with Crippen LogP contribution in [0.25, 0.3) is 11.3 Å². The Bertz CT molecular complexity index is 1240. The zero-order valence-electron chi connectivity index (χ0n) is 18.7. The molecule has 166 valence electrons. The Morgan fingerprint density at radius 1 is 0.909 bits per heavy atom. The molecule has 0 aliphatic heterocycles. The summed E-state index contributed by atoms with van der Waals surface area (Å²) in [6.45, 7) is 1.98. The second kappa shape index (κ2) is 9.78. The van der Waals surface area contributed by atoms with Crippen LogP contribution in [-0.4, -0.2) is 35.1 Å². The van der Waals surface area contributed by atoms with Crippen LogP contribution in [0.5, 0.6) is 0 Å². The summed E-state index contributed by atoms with van der Waals surface area (Å²) >= 11 is 0. The number of amides is 2. The Balaban J connectivity index is 1.45. The lowest BCUT2D eigenvalue weighted by atomic mass is 10.2. The Labute approximate surface area is 192 Å². The summed E-state index contributed by atoms with van der Waals surface area (Å²) < 4.78 is 0. The van der Waals surface area contributed by atoms with Crippen molar-refractivity contribution in [3.63, 3.8) is 0 Å². The summed E-state index contributed by atoms with van der Waals surface area (Å²) in [4.78, 5) is 27.5. The van der Waals surface area contributed by atoms with Gasteiger partial charge in [-0.05, 0) is 67.1 Å². The number of hydrogen-bond acceptors (Lipinski definition) is 6. The van der Waals surface area contributed by atoms with Gasteiger partial charge in [0.15, 0.2) is 0 Å². The largest absolute Gasteiger partial charge is 0.378 e. The number of rotatable bonds is 6. The lowest BCUT2D eigenvalue weighted by molar-refractivity contribution is 0.262. The molecule has 3 N–H and O–H groups in total. The molecule has 8 heteroatoms. The average Bonchev–Trinajstić information content (AvgIpc) is 2.82. The maximum atomic E-state index is 12.5. The molecule has 0 fully saturated rings. The number of carbonyl (C=O) groups is 1. The van der Waals surface area contributed by atoms with E-state index < -0.39 is 0 Å². The fourth-order valence-corrected chi connectivity index (χ4v) is 3.19. The van der Waals surface area contributed by atoms with Crippen molar-refractivity contribution < 1.29 is 4.79 Å². The monoisotopic (exact) mass is 439 g/mol. The third-order valence-corrected chi connectivity index (χ3v) is 5.00.